The van der Waals surface area contributed by atoms with Crippen molar-refractivity contribution in [1.29, 1.82) is 0 Å². The van der Waals surface area contributed by atoms with Crippen molar-refractivity contribution >= 4 is 34.5 Å². The van der Waals surface area contributed by atoms with Gasteiger partial charge in [-0.1, -0.05) is 60.5 Å². The predicted octanol–water partition coefficient (Wildman–Crippen LogP) is 3.68. The molecule has 3 heteroatoms. The molecule has 0 aromatic carbocycles. The summed E-state index contributed by atoms with van der Waals surface area (Å²) in [6, 6.07) is 0. The summed E-state index contributed by atoms with van der Waals surface area (Å²) in [7, 11) is 0. The minimum absolute atomic E-state index is 0.258. The first-order valence-electron chi connectivity index (χ1n) is 3.57. The number of hydrogen-bond acceptors (Lipinski definition) is 0. The van der Waals surface area contributed by atoms with Gasteiger partial charge in [0, 0.05) is 0 Å². The molecule has 0 aliphatic heterocycles. The summed E-state index contributed by atoms with van der Waals surface area (Å²) in [6.07, 6.45) is 5.38. The van der Waals surface area contributed by atoms with E-state index >= 15 is 0 Å². The van der Waals surface area contributed by atoms with Crippen LogP contribution in [0.5, 0.6) is 0 Å². The molecule has 1 radical (unpaired) electrons. The lowest BCUT2D eigenvalue weighted by molar-refractivity contribution is 1.08. The molecule has 0 saturated heterocycles. The van der Waals surface area contributed by atoms with Gasteiger partial charge in [-0.25, -0.2) is 0 Å². The minimum Gasteiger partial charge on any atom is -0.0836 e. The van der Waals surface area contributed by atoms with E-state index in [1.807, 2.05) is 0 Å². The Balaban J connectivity index is 2.95. The van der Waals surface area contributed by atoms with Gasteiger partial charge in [0.25, 0.3) is 0 Å². The van der Waals surface area contributed by atoms with Crippen molar-refractivity contribution in [2.24, 2.45) is 0 Å². The third-order valence-electron chi connectivity index (χ3n) is 1.05. The Hall–Kier alpha value is 1.22. The van der Waals surface area contributed by atoms with E-state index in [1.54, 1.807) is 0 Å². The van der Waals surface area contributed by atoms with E-state index in [0.717, 1.165) is 0 Å². The zero-order chi connectivity index (χ0) is 7.11. The molecule has 0 aromatic heterocycles. The van der Waals surface area contributed by atoms with Crippen LogP contribution in [0.1, 0.15) is 26.7 Å². The van der Waals surface area contributed by atoms with Crippen molar-refractivity contribution in [2.75, 3.05) is 6.16 Å². The molecule has 0 rings (SSSR count). The van der Waals surface area contributed by atoms with E-state index in [9.17, 15) is 0 Å². The standard InChI is InChI=1S/C6H14BIP/c1-3-5-7-9(8)6-4-2/h3-6H2,1-2H3. The normalized spacial score (nSPS) is 13.2. The lowest BCUT2D eigenvalue weighted by Crippen LogP contribution is -1.85. The van der Waals surface area contributed by atoms with Crippen molar-refractivity contribution in [2.45, 2.75) is 33.0 Å². The van der Waals surface area contributed by atoms with E-state index in [0.29, 0.717) is 0 Å². The molecule has 0 heterocycles. The molecule has 1 atom stereocenters. The topological polar surface area (TPSA) is 0 Å². The summed E-state index contributed by atoms with van der Waals surface area (Å²) >= 11 is 2.57. The Kier molecular flexibility index (Phi) is 8.33. The average molecular weight is 255 g/mol. The minimum atomic E-state index is 0.258. The second-order valence-corrected chi connectivity index (χ2v) is 7.42. The maximum Gasteiger partial charge on any atom is 0.160 e. The van der Waals surface area contributed by atoms with Crippen LogP contribution in [-0.2, 0) is 0 Å². The van der Waals surface area contributed by atoms with E-state index in [1.165, 1.54) is 25.3 Å². The number of rotatable bonds is 5. The molecule has 1 unspecified atom stereocenters. The second-order valence-electron chi connectivity index (χ2n) is 2.09. The molecule has 0 amide bonds. The summed E-state index contributed by atoms with van der Waals surface area (Å²) in [6.45, 7) is 6.98. The quantitative estimate of drug-likeness (QED) is 0.399. The second kappa shape index (κ2) is 7.33. The van der Waals surface area contributed by atoms with Gasteiger partial charge in [0.1, 0.15) is 0 Å². The highest BCUT2D eigenvalue weighted by molar-refractivity contribution is 14.2. The van der Waals surface area contributed by atoms with Crippen LogP contribution >= 0.6 is 27.5 Å². The Morgan fingerprint density at radius 1 is 1.33 bits per heavy atom. The zero-order valence-electron chi connectivity index (χ0n) is 6.23. The smallest absolute Gasteiger partial charge is 0.0836 e. The lowest BCUT2D eigenvalue weighted by atomic mass is 10.0. The summed E-state index contributed by atoms with van der Waals surface area (Å²) in [4.78, 5) is 0. The van der Waals surface area contributed by atoms with Crippen LogP contribution in [0.15, 0.2) is 0 Å². The molecular formula is C6H14BIP. The van der Waals surface area contributed by atoms with E-state index < -0.39 is 0 Å². The molecule has 0 aliphatic carbocycles. The van der Waals surface area contributed by atoms with Crippen LogP contribution in [0.4, 0.5) is 0 Å². The van der Waals surface area contributed by atoms with Crippen LogP contribution in [-0.4, -0.2) is 13.2 Å². The first-order chi connectivity index (χ1) is 4.31. The fourth-order valence-corrected chi connectivity index (χ4v) is 4.01. The SMILES string of the molecule is CCC[B]P(I)CCC. The molecule has 0 N–H and O–H groups in total. The maximum atomic E-state index is 2.57. The van der Waals surface area contributed by atoms with Gasteiger partial charge in [-0.3, -0.25) is 0 Å². The molecule has 0 nitrogen and oxygen atoms in total. The lowest BCUT2D eigenvalue weighted by Gasteiger charge is -2.04. The first kappa shape index (κ1) is 10.2. The van der Waals surface area contributed by atoms with Gasteiger partial charge in [0.05, 0.1) is 0 Å². The van der Waals surface area contributed by atoms with Crippen LogP contribution < -0.4 is 0 Å². The molecule has 9 heavy (non-hydrogen) atoms. The third-order valence-corrected chi connectivity index (χ3v) is 5.21. The van der Waals surface area contributed by atoms with Crippen LogP contribution in [0.2, 0.25) is 6.32 Å². The van der Waals surface area contributed by atoms with Gasteiger partial charge in [-0.05, 0) is 6.16 Å². The first-order valence-corrected chi connectivity index (χ1v) is 7.95. The van der Waals surface area contributed by atoms with Gasteiger partial charge in [0.15, 0.2) is 7.00 Å². The predicted molar refractivity (Wildman–Crippen MR) is 57.0 cm³/mol. The monoisotopic (exact) mass is 255 g/mol. The van der Waals surface area contributed by atoms with E-state index in [-0.39, 0.29) is 5.44 Å². The summed E-state index contributed by atoms with van der Waals surface area (Å²) < 4.78 is 0. The Bertz CT molecular complexity index is 61.0. The molecule has 0 bridgehead atoms. The van der Waals surface area contributed by atoms with Gasteiger partial charge < -0.3 is 0 Å². The molecule has 0 aromatic rings. The van der Waals surface area contributed by atoms with Gasteiger partial charge >= 0.3 is 0 Å². The highest BCUT2D eigenvalue weighted by Gasteiger charge is 2.00. The number of halogens is 1. The van der Waals surface area contributed by atoms with Gasteiger partial charge in [-0.2, -0.15) is 0 Å². The zero-order valence-corrected chi connectivity index (χ0v) is 9.28. The molecule has 0 fully saturated rings. The number of hydrogen-bond donors (Lipinski definition) is 0. The fraction of sp³-hybridized carbons (Fsp3) is 1.00. The third kappa shape index (κ3) is 7.12. The molecular weight excluding hydrogens is 241 g/mol. The van der Waals surface area contributed by atoms with Gasteiger partial charge in [-0.15, -0.1) is 0 Å². The highest BCUT2D eigenvalue weighted by Crippen LogP contribution is 2.44. The molecule has 0 saturated carbocycles. The largest absolute Gasteiger partial charge is 0.160 e. The Labute approximate surface area is 73.6 Å². The Morgan fingerprint density at radius 3 is 2.44 bits per heavy atom. The average Bonchev–Trinajstić information content (AvgIpc) is 1.85. The fourth-order valence-electron chi connectivity index (χ4n) is 0.574. The van der Waals surface area contributed by atoms with Crippen LogP contribution in [0.25, 0.3) is 0 Å². The van der Waals surface area contributed by atoms with Crippen LogP contribution in [0, 0.1) is 0 Å². The molecule has 53 valence electrons. The summed E-state index contributed by atoms with van der Waals surface area (Å²) in [5.41, 5.74) is 0.258. The van der Waals surface area contributed by atoms with Gasteiger partial charge in [0.2, 0.25) is 0 Å². The summed E-state index contributed by atoms with van der Waals surface area (Å²) in [5.74, 6) is 0. The highest BCUT2D eigenvalue weighted by atomic mass is 127. The molecule has 0 aliphatic rings. The van der Waals surface area contributed by atoms with Crippen molar-refractivity contribution in [3.8, 4) is 0 Å². The van der Waals surface area contributed by atoms with E-state index in [4.69, 9.17) is 0 Å². The van der Waals surface area contributed by atoms with E-state index in [2.05, 4.69) is 42.9 Å². The van der Waals surface area contributed by atoms with Crippen molar-refractivity contribution < 1.29 is 0 Å². The van der Waals surface area contributed by atoms with Crippen molar-refractivity contribution in [3.63, 3.8) is 0 Å². The maximum absolute atomic E-state index is 2.57. The van der Waals surface area contributed by atoms with Crippen molar-refractivity contribution in [1.82, 2.24) is 0 Å². The van der Waals surface area contributed by atoms with Crippen molar-refractivity contribution in [3.05, 3.63) is 0 Å². The molecule has 0 spiro atoms. The summed E-state index contributed by atoms with van der Waals surface area (Å²) in [5, 5.41) is 0. The van der Waals surface area contributed by atoms with Crippen LogP contribution in [0.3, 0.4) is 0 Å². The Morgan fingerprint density at radius 2 is 2.00 bits per heavy atom.